The standard InChI is InChI=1S/C29H28FN5O/c1-19-13-20(2)29(36)34(5)27(10-7-23-15-21(3)35(6)32-18-23)11-8-24(14-19)22(4)33-28-12-9-26(30)16-25(28)17-31/h8-9,11-16,18,22,33H,3H2,1-2,4-6H3/t22-/m1/s1. The van der Waals surface area contributed by atoms with Crippen molar-refractivity contribution >= 4 is 11.9 Å². The average molecular weight is 482 g/mol. The molecule has 6 nitrogen and oxygen atoms in total. The van der Waals surface area contributed by atoms with Gasteiger partial charge < -0.3 is 9.88 Å². The smallest absolute Gasteiger partial charge is 0.254 e. The van der Waals surface area contributed by atoms with Crippen LogP contribution in [0.4, 0.5) is 10.1 Å². The number of hydrogen-bond donors (Lipinski definition) is 1. The number of halogens is 1. The van der Waals surface area contributed by atoms with Crippen LogP contribution in [-0.4, -0.2) is 22.8 Å². The van der Waals surface area contributed by atoms with E-state index in [1.165, 1.54) is 16.7 Å². The van der Waals surface area contributed by atoms with E-state index in [2.05, 4.69) is 28.8 Å². The Morgan fingerprint density at radius 3 is 2.56 bits per heavy atom. The normalized spacial score (nSPS) is 13.1. The lowest BCUT2D eigenvalue weighted by molar-refractivity contribution is 0.462. The third-order valence-electron chi connectivity index (χ3n) is 5.69. The van der Waals surface area contributed by atoms with E-state index in [4.69, 9.17) is 0 Å². The molecule has 182 valence electrons. The highest BCUT2D eigenvalue weighted by molar-refractivity contribution is 5.86. The monoisotopic (exact) mass is 481 g/mol. The van der Waals surface area contributed by atoms with E-state index in [9.17, 15) is 14.4 Å². The molecule has 0 unspecified atom stereocenters. The molecular weight excluding hydrogens is 453 g/mol. The molecule has 0 fully saturated rings. The lowest BCUT2D eigenvalue weighted by Gasteiger charge is -2.17. The Labute approximate surface area is 211 Å². The number of anilines is 1. The van der Waals surface area contributed by atoms with Gasteiger partial charge in [-0.2, -0.15) is 10.4 Å². The van der Waals surface area contributed by atoms with E-state index in [1.807, 2.05) is 44.2 Å². The summed E-state index contributed by atoms with van der Waals surface area (Å²) < 4.78 is 15.1. The fourth-order valence-electron chi connectivity index (χ4n) is 3.60. The van der Waals surface area contributed by atoms with Crippen molar-refractivity contribution in [2.24, 2.45) is 12.1 Å². The van der Waals surface area contributed by atoms with Crippen LogP contribution in [-0.2, 0) is 7.05 Å². The van der Waals surface area contributed by atoms with Gasteiger partial charge in [0, 0.05) is 31.3 Å². The Bertz CT molecular complexity index is 1500. The van der Waals surface area contributed by atoms with Gasteiger partial charge in [0.25, 0.3) is 5.56 Å². The Morgan fingerprint density at radius 2 is 1.86 bits per heavy atom. The number of aromatic nitrogens is 1. The van der Waals surface area contributed by atoms with Crippen molar-refractivity contribution in [1.29, 1.82) is 5.26 Å². The molecule has 36 heavy (non-hydrogen) atoms. The van der Waals surface area contributed by atoms with Crippen LogP contribution in [0, 0.1) is 42.8 Å². The highest BCUT2D eigenvalue weighted by atomic mass is 19.1. The van der Waals surface area contributed by atoms with Crippen LogP contribution in [0.1, 0.15) is 40.9 Å². The number of allylic oxidation sites excluding steroid dienone is 2. The zero-order chi connectivity index (χ0) is 26.4. The molecule has 3 rings (SSSR count). The van der Waals surface area contributed by atoms with Gasteiger partial charge in [0.1, 0.15) is 11.9 Å². The third-order valence-corrected chi connectivity index (χ3v) is 5.69. The van der Waals surface area contributed by atoms with Gasteiger partial charge in [-0.3, -0.25) is 9.80 Å². The Hall–Kier alpha value is -4.62. The van der Waals surface area contributed by atoms with Crippen molar-refractivity contribution in [1.82, 2.24) is 9.58 Å². The molecule has 0 spiro atoms. The number of rotatable bonds is 3. The van der Waals surface area contributed by atoms with Crippen LogP contribution < -0.4 is 10.9 Å². The van der Waals surface area contributed by atoms with Gasteiger partial charge in [0.05, 0.1) is 28.9 Å². The maximum Gasteiger partial charge on any atom is 0.254 e. The number of nitrogens with zero attached hydrogens (tertiary/aromatic N) is 4. The molecule has 0 saturated heterocycles. The maximum atomic E-state index is 13.6. The summed E-state index contributed by atoms with van der Waals surface area (Å²) in [5.41, 5.74) is 4.84. The summed E-state index contributed by atoms with van der Waals surface area (Å²) in [5, 5.41) is 18.6. The second-order valence-corrected chi connectivity index (χ2v) is 8.58. The first-order valence-corrected chi connectivity index (χ1v) is 11.3. The van der Waals surface area contributed by atoms with E-state index >= 15 is 0 Å². The number of nitriles is 1. The summed E-state index contributed by atoms with van der Waals surface area (Å²) in [6.07, 6.45) is 3.47. The van der Waals surface area contributed by atoms with Gasteiger partial charge in [-0.25, -0.2) is 4.39 Å². The Kier molecular flexibility index (Phi) is 8.09. The molecule has 7 heteroatoms. The van der Waals surface area contributed by atoms with Crippen LogP contribution in [0.25, 0.3) is 0 Å². The zero-order valence-corrected chi connectivity index (χ0v) is 21.1. The quantitative estimate of drug-likeness (QED) is 0.624. The summed E-state index contributed by atoms with van der Waals surface area (Å²) in [5.74, 6) is 5.69. The van der Waals surface area contributed by atoms with E-state index in [-0.39, 0.29) is 17.2 Å². The summed E-state index contributed by atoms with van der Waals surface area (Å²) in [6.45, 7) is 9.56. The van der Waals surface area contributed by atoms with Crippen molar-refractivity contribution in [2.45, 2.75) is 26.8 Å². The van der Waals surface area contributed by atoms with Crippen molar-refractivity contribution in [3.05, 3.63) is 111 Å². The summed E-state index contributed by atoms with van der Waals surface area (Å²) >= 11 is 0. The van der Waals surface area contributed by atoms with E-state index in [0.29, 0.717) is 28.2 Å². The molecular formula is C29H28FN5O. The van der Waals surface area contributed by atoms with Crippen LogP contribution in [0.2, 0.25) is 0 Å². The lowest BCUT2D eigenvalue weighted by atomic mass is 10.1. The minimum Gasteiger partial charge on any atom is -0.377 e. The molecule has 0 aliphatic carbocycles. The Balaban J connectivity index is 2.13. The van der Waals surface area contributed by atoms with E-state index < -0.39 is 5.82 Å². The third kappa shape index (κ3) is 6.28. The molecule has 1 aromatic carbocycles. The predicted octanol–water partition coefficient (Wildman–Crippen LogP) is 5.03. The first kappa shape index (κ1) is 26.0. The molecule has 1 aliphatic rings. The molecule has 0 radical (unpaired) electrons. The second-order valence-electron chi connectivity index (χ2n) is 8.58. The fraction of sp³-hybridized carbons (Fsp3) is 0.207. The molecule has 0 saturated carbocycles. The molecule has 0 amide bonds. The first-order chi connectivity index (χ1) is 17.1. The topological polar surface area (TPSA) is 73.4 Å². The largest absolute Gasteiger partial charge is 0.377 e. The van der Waals surface area contributed by atoms with Crippen molar-refractivity contribution < 1.29 is 4.39 Å². The van der Waals surface area contributed by atoms with Crippen LogP contribution in [0.3, 0.4) is 0 Å². The number of benzene rings is 1. The zero-order valence-electron chi connectivity index (χ0n) is 21.1. The lowest BCUT2D eigenvalue weighted by Crippen LogP contribution is -2.19. The van der Waals surface area contributed by atoms with Crippen molar-refractivity contribution in [3.8, 4) is 17.9 Å². The summed E-state index contributed by atoms with van der Waals surface area (Å²) in [6, 6.07) is 13.3. The van der Waals surface area contributed by atoms with Gasteiger partial charge in [-0.05, 0) is 62.6 Å². The van der Waals surface area contributed by atoms with Crippen LogP contribution in [0.5, 0.6) is 0 Å². The SMILES string of the molecule is C=C1C=C(C#Cc2ccc([C@@H](C)Nc3ccc(F)cc3C#N)cc(C)cc(C)c(=O)n2C)C=NN1C. The van der Waals surface area contributed by atoms with Gasteiger partial charge in [0.2, 0.25) is 0 Å². The number of hydrazone groups is 1. The average Bonchev–Trinajstić information content (AvgIpc) is 2.84. The highest BCUT2D eigenvalue weighted by Crippen LogP contribution is 2.23. The number of hydrogen-bond acceptors (Lipinski definition) is 5. The maximum absolute atomic E-state index is 13.6. The van der Waals surface area contributed by atoms with E-state index in [1.54, 1.807) is 44.4 Å². The van der Waals surface area contributed by atoms with Gasteiger partial charge in [-0.1, -0.05) is 36.3 Å². The molecule has 2 heterocycles. The number of nitrogens with one attached hydrogen (secondary N) is 1. The van der Waals surface area contributed by atoms with Gasteiger partial charge in [-0.15, -0.1) is 0 Å². The van der Waals surface area contributed by atoms with Crippen molar-refractivity contribution in [2.75, 3.05) is 12.4 Å². The van der Waals surface area contributed by atoms with E-state index in [0.717, 1.165) is 11.1 Å². The second kappa shape index (κ2) is 11.2. The fourth-order valence-corrected chi connectivity index (χ4v) is 3.60. The van der Waals surface area contributed by atoms with Gasteiger partial charge in [0.15, 0.2) is 0 Å². The minimum atomic E-state index is -0.466. The number of aryl methyl sites for hydroxylation is 2. The molecule has 2 aromatic rings. The van der Waals surface area contributed by atoms with Gasteiger partial charge >= 0.3 is 0 Å². The van der Waals surface area contributed by atoms with Crippen LogP contribution in [0.15, 0.2) is 76.3 Å². The molecule has 1 N–H and O–H groups in total. The molecule has 1 aliphatic heterocycles. The summed E-state index contributed by atoms with van der Waals surface area (Å²) in [4.78, 5) is 13.0. The summed E-state index contributed by atoms with van der Waals surface area (Å²) in [7, 11) is 3.48. The number of likely N-dealkylation sites (N-methyl/N-ethyl adjacent to an activating group) is 1. The molecule has 1 aromatic heterocycles. The van der Waals surface area contributed by atoms with Crippen molar-refractivity contribution in [3.63, 3.8) is 0 Å². The molecule has 1 atom stereocenters. The van der Waals surface area contributed by atoms with Crippen LogP contribution >= 0.6 is 0 Å². The minimum absolute atomic E-state index is 0.160. The highest BCUT2D eigenvalue weighted by Gasteiger charge is 2.10. The Morgan fingerprint density at radius 1 is 1.11 bits per heavy atom. The first-order valence-electron chi connectivity index (χ1n) is 11.3. The molecule has 0 bridgehead atoms. The predicted molar refractivity (Wildman–Crippen MR) is 142 cm³/mol.